The number of aryl methyl sites for hydroxylation is 1. The SMILES string of the molecule is Cc1cccc(C(C)C)c1NC(=O)C(Cl)(Cl)Cl. The molecule has 0 fully saturated rings. The summed E-state index contributed by atoms with van der Waals surface area (Å²) in [6, 6.07) is 5.79. The number of benzene rings is 1. The lowest BCUT2D eigenvalue weighted by molar-refractivity contribution is -0.115. The normalized spacial score (nSPS) is 11.7. The first-order valence-electron chi connectivity index (χ1n) is 5.21. The topological polar surface area (TPSA) is 29.1 Å². The van der Waals surface area contributed by atoms with Gasteiger partial charge >= 0.3 is 0 Å². The summed E-state index contributed by atoms with van der Waals surface area (Å²) < 4.78 is -1.95. The molecule has 0 aliphatic heterocycles. The van der Waals surface area contributed by atoms with Gasteiger partial charge in [-0.1, -0.05) is 66.8 Å². The minimum atomic E-state index is -1.95. The summed E-state index contributed by atoms with van der Waals surface area (Å²) in [5.74, 6) is -0.362. The van der Waals surface area contributed by atoms with Gasteiger partial charge in [0.15, 0.2) is 0 Å². The van der Waals surface area contributed by atoms with Crippen molar-refractivity contribution in [2.75, 3.05) is 5.32 Å². The zero-order chi connectivity index (χ0) is 13.2. The van der Waals surface area contributed by atoms with Gasteiger partial charge in [0.05, 0.1) is 0 Å². The average Bonchev–Trinajstić information content (AvgIpc) is 2.18. The third-order valence-corrected chi connectivity index (χ3v) is 2.94. The van der Waals surface area contributed by atoms with E-state index in [0.717, 1.165) is 16.8 Å². The van der Waals surface area contributed by atoms with Crippen LogP contribution in [0, 0.1) is 6.92 Å². The Kier molecular flexibility index (Phi) is 4.70. The number of para-hydroxylation sites is 1. The Balaban J connectivity index is 3.10. The number of hydrogen-bond donors (Lipinski definition) is 1. The Morgan fingerprint density at radius 2 is 1.88 bits per heavy atom. The summed E-state index contributed by atoms with van der Waals surface area (Å²) in [6.45, 7) is 5.99. The summed E-state index contributed by atoms with van der Waals surface area (Å²) in [7, 11) is 0. The van der Waals surface area contributed by atoms with Crippen molar-refractivity contribution in [2.24, 2.45) is 0 Å². The summed E-state index contributed by atoms with van der Waals surface area (Å²) >= 11 is 16.6. The Labute approximate surface area is 116 Å². The van der Waals surface area contributed by atoms with Crippen molar-refractivity contribution in [3.05, 3.63) is 29.3 Å². The van der Waals surface area contributed by atoms with Gasteiger partial charge in [0.1, 0.15) is 0 Å². The molecule has 0 bridgehead atoms. The van der Waals surface area contributed by atoms with E-state index in [-0.39, 0.29) is 5.92 Å². The number of carbonyl (C=O) groups excluding carboxylic acids is 1. The van der Waals surface area contributed by atoms with E-state index in [4.69, 9.17) is 34.8 Å². The van der Waals surface area contributed by atoms with Gasteiger partial charge in [-0.2, -0.15) is 0 Å². The van der Waals surface area contributed by atoms with Crippen LogP contribution < -0.4 is 5.32 Å². The van der Waals surface area contributed by atoms with E-state index >= 15 is 0 Å². The molecule has 0 aliphatic carbocycles. The highest BCUT2D eigenvalue weighted by Gasteiger charge is 2.31. The van der Waals surface area contributed by atoms with Gasteiger partial charge in [0.2, 0.25) is 0 Å². The van der Waals surface area contributed by atoms with E-state index < -0.39 is 9.70 Å². The van der Waals surface area contributed by atoms with Crippen LogP contribution in [0.1, 0.15) is 30.9 Å². The van der Waals surface area contributed by atoms with Crippen LogP contribution in [0.2, 0.25) is 0 Å². The number of amides is 1. The van der Waals surface area contributed by atoms with Crippen molar-refractivity contribution < 1.29 is 4.79 Å². The molecule has 0 spiro atoms. The van der Waals surface area contributed by atoms with Crippen molar-refractivity contribution in [1.29, 1.82) is 0 Å². The van der Waals surface area contributed by atoms with Crippen LogP contribution in [0.5, 0.6) is 0 Å². The minimum Gasteiger partial charge on any atom is -0.322 e. The van der Waals surface area contributed by atoms with Crippen molar-refractivity contribution in [1.82, 2.24) is 0 Å². The van der Waals surface area contributed by atoms with Gasteiger partial charge in [-0.25, -0.2) is 0 Å². The van der Waals surface area contributed by atoms with E-state index in [1.807, 2.05) is 39.0 Å². The van der Waals surface area contributed by atoms with E-state index in [1.165, 1.54) is 0 Å². The molecule has 1 rings (SSSR count). The van der Waals surface area contributed by atoms with E-state index in [1.54, 1.807) is 0 Å². The maximum atomic E-state index is 11.7. The molecule has 0 aromatic heterocycles. The first-order chi connectivity index (χ1) is 7.73. The predicted octanol–water partition coefficient (Wildman–Crippen LogP) is 4.43. The second-order valence-corrected chi connectivity index (χ2v) is 6.43. The lowest BCUT2D eigenvalue weighted by Gasteiger charge is -2.18. The van der Waals surface area contributed by atoms with Crippen LogP contribution in [0.25, 0.3) is 0 Å². The number of halogens is 3. The fourth-order valence-corrected chi connectivity index (χ4v) is 1.67. The van der Waals surface area contributed by atoms with E-state index in [9.17, 15) is 4.79 Å². The Bertz CT molecular complexity index is 424. The fourth-order valence-electron chi connectivity index (χ4n) is 1.53. The highest BCUT2D eigenvalue weighted by atomic mass is 35.6. The lowest BCUT2D eigenvalue weighted by atomic mass is 9.98. The Hall–Kier alpha value is -0.440. The third kappa shape index (κ3) is 3.77. The smallest absolute Gasteiger partial charge is 0.276 e. The molecule has 1 aromatic carbocycles. The lowest BCUT2D eigenvalue weighted by Crippen LogP contribution is -2.28. The zero-order valence-corrected chi connectivity index (χ0v) is 12.1. The van der Waals surface area contributed by atoms with Crippen molar-refractivity contribution >= 4 is 46.4 Å². The number of nitrogens with one attached hydrogen (secondary N) is 1. The molecule has 2 nitrogen and oxygen atoms in total. The molecule has 1 aromatic rings. The summed E-state index contributed by atoms with van der Waals surface area (Å²) in [4.78, 5) is 11.7. The summed E-state index contributed by atoms with van der Waals surface area (Å²) in [5, 5.41) is 2.67. The molecular formula is C12H14Cl3NO. The number of anilines is 1. The first-order valence-corrected chi connectivity index (χ1v) is 6.34. The van der Waals surface area contributed by atoms with Gasteiger partial charge in [-0.15, -0.1) is 0 Å². The van der Waals surface area contributed by atoms with Crippen LogP contribution in [0.3, 0.4) is 0 Å². The quantitative estimate of drug-likeness (QED) is 0.803. The summed E-state index contributed by atoms with van der Waals surface area (Å²) in [5.41, 5.74) is 2.69. The molecule has 1 N–H and O–H groups in total. The molecule has 17 heavy (non-hydrogen) atoms. The number of hydrogen-bond acceptors (Lipinski definition) is 1. The monoisotopic (exact) mass is 293 g/mol. The van der Waals surface area contributed by atoms with Gasteiger partial charge in [-0.05, 0) is 24.0 Å². The van der Waals surface area contributed by atoms with Crippen LogP contribution >= 0.6 is 34.8 Å². The standard InChI is InChI=1S/C12H14Cl3NO/c1-7(2)9-6-4-5-8(3)10(9)16-11(17)12(13,14)15/h4-7H,1-3H3,(H,16,17). The minimum absolute atomic E-state index is 0.278. The molecular weight excluding hydrogens is 280 g/mol. The van der Waals surface area contributed by atoms with Gasteiger partial charge in [0, 0.05) is 5.69 Å². The second-order valence-electron chi connectivity index (χ2n) is 4.15. The third-order valence-electron chi connectivity index (χ3n) is 2.42. The van der Waals surface area contributed by atoms with Gasteiger partial charge in [0.25, 0.3) is 9.70 Å². The van der Waals surface area contributed by atoms with Crippen molar-refractivity contribution in [3.8, 4) is 0 Å². The Morgan fingerprint density at radius 1 is 1.29 bits per heavy atom. The number of carbonyl (C=O) groups is 1. The molecule has 0 atom stereocenters. The van der Waals surface area contributed by atoms with Crippen LogP contribution in [-0.2, 0) is 4.79 Å². The predicted molar refractivity (Wildman–Crippen MR) is 74.2 cm³/mol. The maximum absolute atomic E-state index is 11.7. The molecule has 0 saturated heterocycles. The van der Waals surface area contributed by atoms with Gasteiger partial charge < -0.3 is 5.32 Å². The van der Waals surface area contributed by atoms with E-state index in [0.29, 0.717) is 0 Å². The molecule has 94 valence electrons. The maximum Gasteiger partial charge on any atom is 0.276 e. The van der Waals surface area contributed by atoms with Crippen LogP contribution in [-0.4, -0.2) is 9.70 Å². The molecule has 1 amide bonds. The van der Waals surface area contributed by atoms with Crippen molar-refractivity contribution in [3.63, 3.8) is 0 Å². The fraction of sp³-hybridized carbons (Fsp3) is 0.417. The highest BCUT2D eigenvalue weighted by molar-refractivity contribution is 6.76. The molecule has 0 aliphatic rings. The number of rotatable bonds is 2. The second kappa shape index (κ2) is 5.47. The van der Waals surface area contributed by atoms with Crippen LogP contribution in [0.15, 0.2) is 18.2 Å². The molecule has 0 unspecified atom stereocenters. The van der Waals surface area contributed by atoms with E-state index in [2.05, 4.69) is 5.32 Å². The molecule has 0 radical (unpaired) electrons. The Morgan fingerprint density at radius 3 is 2.35 bits per heavy atom. The largest absolute Gasteiger partial charge is 0.322 e. The molecule has 5 heteroatoms. The number of alkyl halides is 3. The van der Waals surface area contributed by atoms with Crippen LogP contribution in [0.4, 0.5) is 5.69 Å². The van der Waals surface area contributed by atoms with Gasteiger partial charge in [-0.3, -0.25) is 4.79 Å². The highest BCUT2D eigenvalue weighted by Crippen LogP contribution is 2.31. The first kappa shape index (κ1) is 14.6. The summed E-state index contributed by atoms with van der Waals surface area (Å²) in [6.07, 6.45) is 0. The van der Waals surface area contributed by atoms with Crippen molar-refractivity contribution in [2.45, 2.75) is 30.5 Å². The molecule has 0 heterocycles. The average molecular weight is 295 g/mol. The molecule has 0 saturated carbocycles. The zero-order valence-electron chi connectivity index (χ0n) is 9.85.